The van der Waals surface area contributed by atoms with E-state index in [-0.39, 0.29) is 6.10 Å². The molecule has 0 bridgehead atoms. The number of ether oxygens (including phenoxy) is 6. The lowest BCUT2D eigenvalue weighted by Gasteiger charge is -2.20. The molecule has 12 heterocycles. The number of carbonyl (C=O) groups is 1. The van der Waals surface area contributed by atoms with E-state index < -0.39 is 11.7 Å². The summed E-state index contributed by atoms with van der Waals surface area (Å²) in [4.78, 5) is 58.8. The number of rotatable bonds is 16. The molecular formula is C94H103N13O7. The lowest BCUT2D eigenvalue weighted by atomic mass is 10.1. The van der Waals surface area contributed by atoms with Crippen molar-refractivity contribution in [3.63, 3.8) is 0 Å². The Morgan fingerprint density at radius 1 is 0.518 bits per heavy atom. The fourth-order valence-electron chi connectivity index (χ4n) is 14.2. The van der Waals surface area contributed by atoms with Crippen LogP contribution in [0.15, 0.2) is 177 Å². The molecule has 20 nitrogen and oxygen atoms in total. The molecule has 4 aromatic carbocycles. The molecule has 0 fully saturated rings. The molecule has 0 spiro atoms. The molecule has 0 radical (unpaired) electrons. The van der Waals surface area contributed by atoms with Crippen LogP contribution in [0.25, 0.3) is 70.0 Å². The summed E-state index contributed by atoms with van der Waals surface area (Å²) in [5.74, 6) is 3.86. The maximum Gasteiger partial charge on any atom is 0.419 e. The van der Waals surface area contributed by atoms with Crippen LogP contribution in [0.2, 0.25) is 0 Å². The van der Waals surface area contributed by atoms with Crippen molar-refractivity contribution in [3.05, 3.63) is 294 Å². The number of carbonyl (C=O) groups excluding carboxylic acids is 1. The first kappa shape index (κ1) is 79.3. The monoisotopic (exact) mass is 1530 g/mol. The van der Waals surface area contributed by atoms with Crippen molar-refractivity contribution in [1.29, 1.82) is 0 Å². The van der Waals surface area contributed by atoms with Crippen LogP contribution in [0.1, 0.15) is 128 Å². The molecule has 0 unspecified atom stereocenters. The maximum atomic E-state index is 13.2. The highest BCUT2D eigenvalue weighted by molar-refractivity contribution is 6.15. The highest BCUT2D eigenvalue weighted by atomic mass is 16.6. The normalized spacial score (nSPS) is 15.5. The van der Waals surface area contributed by atoms with Crippen molar-refractivity contribution in [2.24, 2.45) is 20.0 Å². The summed E-state index contributed by atoms with van der Waals surface area (Å²) in [6, 6.07) is 46.8. The van der Waals surface area contributed by atoms with E-state index in [2.05, 4.69) is 186 Å². The van der Waals surface area contributed by atoms with Gasteiger partial charge in [0.05, 0.1) is 116 Å². The highest BCUT2D eigenvalue weighted by Crippen LogP contribution is 2.32. The first-order valence-electron chi connectivity index (χ1n) is 38.7. The topological polar surface area (TPSA) is 241 Å². The SMILES string of the molecule is CCOc1cc(=C2C=c3ccccc3=N2)[nH]/c1=C\c1[nH]c(C)cc1C.CCOc1cc(=C2N=c3ccccc3=C2CCN(C)C)[nH]/c1=C\c1[nH]c(C)cc1C.COC1=CC(c2cc3cc(OC)ccc3n2C(=O)OC(C)(C)C)=N/C1=C\c1[nH]c(C)cc1C.Cc1cc(C)c(/C=c2\[nH]c(=C3C=c4ccccc4=N3)cc2OC(C)C)[nH]1. The zero-order chi connectivity index (χ0) is 80.8. The van der Waals surface area contributed by atoms with Crippen LogP contribution in [-0.2, 0) is 9.47 Å². The zero-order valence-electron chi connectivity index (χ0n) is 68.8. The number of aliphatic imine (C=N–C) groups is 1. The van der Waals surface area contributed by atoms with Gasteiger partial charge in [0.25, 0.3) is 0 Å². The molecule has 20 heteroatoms. The summed E-state index contributed by atoms with van der Waals surface area (Å²) in [5, 5.41) is 13.2. The molecule has 8 aromatic heterocycles. The first-order valence-corrected chi connectivity index (χ1v) is 38.7. The second-order valence-corrected chi connectivity index (χ2v) is 30.5. The molecule has 4 aliphatic rings. The van der Waals surface area contributed by atoms with Crippen LogP contribution in [0.4, 0.5) is 4.79 Å². The second kappa shape index (κ2) is 34.0. The summed E-state index contributed by atoms with van der Waals surface area (Å²) in [7, 11) is 7.43. The lowest BCUT2D eigenvalue weighted by Crippen LogP contribution is -2.28. The van der Waals surface area contributed by atoms with E-state index in [0.717, 1.165) is 162 Å². The molecule has 0 aliphatic carbocycles. The number of methoxy groups -OCH3 is 2. The van der Waals surface area contributed by atoms with Crippen molar-refractivity contribution in [3.8, 4) is 23.0 Å². The van der Waals surface area contributed by atoms with Gasteiger partial charge in [0.1, 0.15) is 40.1 Å². The molecule has 16 rings (SSSR count). The van der Waals surface area contributed by atoms with Gasteiger partial charge in [-0.15, -0.1) is 0 Å². The first-order chi connectivity index (χ1) is 54.7. The van der Waals surface area contributed by atoms with Crippen LogP contribution < -0.4 is 82.8 Å². The molecule has 0 amide bonds. The van der Waals surface area contributed by atoms with Gasteiger partial charge in [-0.3, -0.25) is 0 Å². The van der Waals surface area contributed by atoms with Gasteiger partial charge in [0, 0.05) is 97.4 Å². The van der Waals surface area contributed by atoms with Crippen LogP contribution in [-0.4, -0.2) is 116 Å². The van der Waals surface area contributed by atoms with Crippen molar-refractivity contribution < 1.29 is 33.2 Å². The highest BCUT2D eigenvalue weighted by Gasteiger charge is 2.28. The Morgan fingerprint density at radius 3 is 1.46 bits per heavy atom. The predicted octanol–water partition coefficient (Wildman–Crippen LogP) is 10.7. The van der Waals surface area contributed by atoms with Gasteiger partial charge in [-0.2, -0.15) is 0 Å². The number of fused-ring (bicyclic) bond motifs is 4. The van der Waals surface area contributed by atoms with Crippen LogP contribution in [0, 0.1) is 55.4 Å². The minimum atomic E-state index is -0.642. The standard InChI is InChI=1S/C26H29N3O4.C25H30N4O.C22H23N3O.C21H21N3O/c1-15-10-16(2)27-19(15)13-21-24(32-7)14-20(28-21)23-12-17-11-18(31-6)8-9-22(17)29(23)25(30)33-26(3,4)5;1-6-30-24-15-23(27-22(24)14-21-16(2)13-17(3)26-21)25-19(11-12-29(4)5)18-9-7-8-10-20(18)28-25;1-13(2)26-22-12-20(19-10-16-7-5-6-8-17(16)24-19)25-21(22)11-18-14(3)9-15(4)23-18;1-4-25-21-12-19(18-10-15-7-5-6-8-16(15)23-18)24-20(21)11-17-13(2)9-14(3)22-17/h8-14,27H,1-7H3;7-10,13-15,26-27H,6,11-12H2,1-5H3;5-13,23,25H,1-4H3;5-12,22,24H,4H2,1-3H3/b21-13-;22-14-,25-23?;20-19?,21-11-;19-18?,20-11-. The second-order valence-electron chi connectivity index (χ2n) is 30.5. The third-order valence-corrected chi connectivity index (χ3v) is 19.4. The number of H-pyrrole nitrogens is 7. The minimum Gasteiger partial charge on any atom is -0.497 e. The van der Waals surface area contributed by atoms with Gasteiger partial charge in [0.15, 0.2) is 0 Å². The number of hydrogen-bond acceptors (Lipinski definition) is 12. The van der Waals surface area contributed by atoms with E-state index in [1.54, 1.807) is 18.8 Å². The van der Waals surface area contributed by atoms with E-state index in [1.165, 1.54) is 27.5 Å². The smallest absolute Gasteiger partial charge is 0.419 e. The van der Waals surface area contributed by atoms with E-state index in [4.69, 9.17) is 48.4 Å². The van der Waals surface area contributed by atoms with Gasteiger partial charge in [-0.05, 0) is 255 Å². The Bertz CT molecular complexity index is 6540. The Hall–Kier alpha value is -12.8. The Balaban J connectivity index is 0.000000133. The number of aromatic nitrogens is 8. The van der Waals surface area contributed by atoms with Crippen LogP contribution in [0.3, 0.4) is 0 Å². The number of nitrogens with one attached hydrogen (secondary N) is 7. The molecule has 114 heavy (non-hydrogen) atoms. The summed E-state index contributed by atoms with van der Waals surface area (Å²) >= 11 is 0. The molecule has 0 saturated carbocycles. The summed E-state index contributed by atoms with van der Waals surface area (Å²) in [6.45, 7) is 32.4. The van der Waals surface area contributed by atoms with Gasteiger partial charge in [-0.1, -0.05) is 54.6 Å². The van der Waals surface area contributed by atoms with E-state index in [9.17, 15) is 4.79 Å². The van der Waals surface area contributed by atoms with E-state index in [0.29, 0.717) is 47.3 Å². The van der Waals surface area contributed by atoms with Crippen LogP contribution >= 0.6 is 0 Å². The largest absolute Gasteiger partial charge is 0.497 e. The Labute approximate surface area is 663 Å². The lowest BCUT2D eigenvalue weighted by molar-refractivity contribution is 0.0543. The van der Waals surface area contributed by atoms with E-state index in [1.807, 2.05) is 153 Å². The summed E-state index contributed by atoms with van der Waals surface area (Å²) < 4.78 is 36.1. The molecule has 586 valence electrons. The number of aryl methyl sites for hydroxylation is 8. The average molecular weight is 1530 g/mol. The van der Waals surface area contributed by atoms with Gasteiger partial charge < -0.3 is 68.2 Å². The number of para-hydroxylation sites is 3. The molecule has 7 N–H and O–H groups in total. The fraction of sp³-hybridized carbons (Fsp3) is 0.266. The summed E-state index contributed by atoms with van der Waals surface area (Å²) in [5.41, 5.74) is 19.7. The molecular weight excluding hydrogens is 1420 g/mol. The third-order valence-electron chi connectivity index (χ3n) is 19.4. The maximum absolute atomic E-state index is 13.2. The van der Waals surface area contributed by atoms with Crippen molar-refractivity contribution in [2.75, 3.05) is 48.1 Å². The van der Waals surface area contributed by atoms with Crippen molar-refractivity contribution >= 4 is 81.8 Å². The molecule has 4 aliphatic heterocycles. The minimum absolute atomic E-state index is 0.101. The van der Waals surface area contributed by atoms with Crippen molar-refractivity contribution in [2.45, 2.75) is 122 Å². The fourth-order valence-corrected chi connectivity index (χ4v) is 14.2. The number of aromatic amines is 7. The number of hydrogen-bond donors (Lipinski definition) is 7. The van der Waals surface area contributed by atoms with Gasteiger partial charge in [0.2, 0.25) is 0 Å². The van der Waals surface area contributed by atoms with E-state index >= 15 is 0 Å². The quantitative estimate of drug-likeness (QED) is 0.0490. The van der Waals surface area contributed by atoms with Gasteiger partial charge >= 0.3 is 6.09 Å². The van der Waals surface area contributed by atoms with Crippen LogP contribution in [0.5, 0.6) is 23.0 Å². The average Bonchev–Trinajstić information content (AvgIpc) is 1.61. The molecule has 0 saturated heterocycles. The number of benzene rings is 4. The number of nitrogens with zero attached hydrogens (tertiary/aromatic N) is 6. The Kier molecular flexibility index (Phi) is 23.7. The molecule has 0 atom stereocenters. The summed E-state index contributed by atoms with van der Waals surface area (Å²) in [6.07, 6.45) is 14.9. The number of allylic oxidation sites excluding steroid dienone is 1. The zero-order valence-corrected chi connectivity index (χ0v) is 68.8. The third kappa shape index (κ3) is 18.2. The molecule has 12 aromatic rings. The Morgan fingerprint density at radius 2 is 0.991 bits per heavy atom. The van der Waals surface area contributed by atoms with Gasteiger partial charge in [-0.25, -0.2) is 29.3 Å². The predicted molar refractivity (Wildman–Crippen MR) is 457 cm³/mol. The van der Waals surface area contributed by atoms with Crippen molar-refractivity contribution in [1.82, 2.24) is 44.4 Å².